The lowest BCUT2D eigenvalue weighted by Gasteiger charge is -2.37. The van der Waals surface area contributed by atoms with E-state index in [9.17, 15) is 18.0 Å². The van der Waals surface area contributed by atoms with E-state index in [2.05, 4.69) is 17.0 Å². The van der Waals surface area contributed by atoms with Crippen molar-refractivity contribution in [1.82, 2.24) is 10.0 Å². The molecule has 1 aliphatic rings. The van der Waals surface area contributed by atoms with Crippen molar-refractivity contribution in [2.45, 2.75) is 71.1 Å². The van der Waals surface area contributed by atoms with E-state index in [0.717, 1.165) is 29.7 Å². The van der Waals surface area contributed by atoms with Gasteiger partial charge < -0.3 is 10.1 Å². The molecule has 1 heterocycles. The molecule has 0 radical (unpaired) electrons. The Labute approximate surface area is 214 Å². The molecule has 0 saturated heterocycles. The van der Waals surface area contributed by atoms with Crippen molar-refractivity contribution in [2.24, 2.45) is 0 Å². The van der Waals surface area contributed by atoms with Gasteiger partial charge in [0.15, 0.2) is 0 Å². The number of amides is 2. The zero-order chi connectivity index (χ0) is 26.7. The van der Waals surface area contributed by atoms with Gasteiger partial charge in [0.2, 0.25) is 10.0 Å². The van der Waals surface area contributed by atoms with Gasteiger partial charge in [-0.2, -0.15) is 0 Å². The fourth-order valence-corrected chi connectivity index (χ4v) is 4.58. The van der Waals surface area contributed by atoms with Gasteiger partial charge in [-0.25, -0.2) is 13.1 Å². The number of hydrogen-bond acceptors (Lipinski definition) is 5. The van der Waals surface area contributed by atoms with Crippen LogP contribution < -0.4 is 14.8 Å². The Morgan fingerprint density at radius 3 is 2.25 bits per heavy atom. The van der Waals surface area contributed by atoms with Gasteiger partial charge in [0.25, 0.3) is 11.8 Å². The van der Waals surface area contributed by atoms with Crippen molar-refractivity contribution in [3.8, 4) is 5.75 Å². The fourth-order valence-electron chi connectivity index (χ4n) is 3.93. The molecule has 3 rings (SSSR count). The molecule has 1 aliphatic heterocycles. The molecule has 0 aliphatic carbocycles. The van der Waals surface area contributed by atoms with Crippen molar-refractivity contribution >= 4 is 27.4 Å². The maximum Gasteiger partial charge on any atom is 0.270 e. The van der Waals surface area contributed by atoms with Crippen LogP contribution >= 0.6 is 0 Å². The predicted octanol–water partition coefficient (Wildman–Crippen LogP) is 4.61. The highest BCUT2D eigenvalue weighted by molar-refractivity contribution is 7.91. The molecular formula is C28H36N2O5S. The molecule has 2 aromatic carbocycles. The van der Waals surface area contributed by atoms with E-state index in [-0.39, 0.29) is 5.57 Å². The lowest BCUT2D eigenvalue weighted by atomic mass is 9.78. The average molecular weight is 513 g/mol. The van der Waals surface area contributed by atoms with Crippen LogP contribution in [0.25, 0.3) is 5.57 Å². The summed E-state index contributed by atoms with van der Waals surface area (Å²) >= 11 is 0. The van der Waals surface area contributed by atoms with Crippen LogP contribution in [0.3, 0.4) is 0 Å². The van der Waals surface area contributed by atoms with Crippen LogP contribution in [-0.4, -0.2) is 31.6 Å². The minimum Gasteiger partial charge on any atom is -0.494 e. The van der Waals surface area contributed by atoms with E-state index < -0.39 is 32.1 Å². The summed E-state index contributed by atoms with van der Waals surface area (Å²) in [7, 11) is -4.01. The Kier molecular flexibility index (Phi) is 7.98. The van der Waals surface area contributed by atoms with Crippen molar-refractivity contribution in [1.29, 1.82) is 0 Å². The van der Waals surface area contributed by atoms with Crippen molar-refractivity contribution in [3.05, 3.63) is 70.8 Å². The molecule has 2 N–H and O–H groups in total. The molecule has 0 unspecified atom stereocenters. The number of hydrogen-bond donors (Lipinski definition) is 2. The first-order valence-electron chi connectivity index (χ1n) is 12.2. The zero-order valence-electron chi connectivity index (χ0n) is 21.9. The summed E-state index contributed by atoms with van der Waals surface area (Å²) in [4.78, 5) is 26.6. The van der Waals surface area contributed by atoms with E-state index in [4.69, 9.17) is 4.74 Å². The van der Waals surface area contributed by atoms with Crippen molar-refractivity contribution < 1.29 is 22.7 Å². The molecule has 0 saturated carbocycles. The number of sulfonamides is 1. The number of carbonyl (C=O) groups is 2. The summed E-state index contributed by atoms with van der Waals surface area (Å²) in [5.41, 5.74) is 2.06. The molecule has 8 heteroatoms. The second kappa shape index (κ2) is 10.5. The molecule has 7 nitrogen and oxygen atoms in total. The highest BCUT2D eigenvalue weighted by Gasteiger charge is 2.41. The summed E-state index contributed by atoms with van der Waals surface area (Å²) < 4.78 is 32.0. The molecule has 1 atom stereocenters. The molecule has 2 aromatic rings. The maximum atomic E-state index is 13.4. The SMILES string of the molecule is CCCCOc1ccc([C@]2(C)CC(c3ccc(C)cc3)=C(C(=O)NS(=O)(=O)C(C)(C)C)C(=O)N2)cc1. The van der Waals surface area contributed by atoms with Crippen LogP contribution in [0.1, 0.15) is 70.6 Å². The summed E-state index contributed by atoms with van der Waals surface area (Å²) in [5.74, 6) is -0.802. The molecular weight excluding hydrogens is 476 g/mol. The van der Waals surface area contributed by atoms with Gasteiger partial charge in [0, 0.05) is 6.42 Å². The Bertz CT molecular complexity index is 1260. The number of nitrogens with one attached hydrogen (secondary N) is 2. The molecule has 0 spiro atoms. The first kappa shape index (κ1) is 27.5. The van der Waals surface area contributed by atoms with E-state index in [1.165, 1.54) is 20.8 Å². The van der Waals surface area contributed by atoms with Crippen LogP contribution in [-0.2, 0) is 25.2 Å². The number of benzene rings is 2. The van der Waals surface area contributed by atoms with Crippen LogP contribution in [0.2, 0.25) is 0 Å². The highest BCUT2D eigenvalue weighted by Crippen LogP contribution is 2.39. The first-order valence-corrected chi connectivity index (χ1v) is 13.7. The summed E-state index contributed by atoms with van der Waals surface area (Å²) in [6.07, 6.45) is 2.31. The lowest BCUT2D eigenvalue weighted by molar-refractivity contribution is -0.124. The van der Waals surface area contributed by atoms with Gasteiger partial charge in [-0.1, -0.05) is 55.3 Å². The summed E-state index contributed by atoms with van der Waals surface area (Å²) in [6.45, 7) is 11.1. The molecule has 2 amide bonds. The van der Waals surface area contributed by atoms with Gasteiger partial charge in [-0.15, -0.1) is 0 Å². The lowest BCUT2D eigenvalue weighted by Crippen LogP contribution is -2.52. The van der Waals surface area contributed by atoms with E-state index in [0.29, 0.717) is 24.2 Å². The third-order valence-corrected chi connectivity index (χ3v) is 8.43. The highest BCUT2D eigenvalue weighted by atomic mass is 32.2. The van der Waals surface area contributed by atoms with E-state index in [1.54, 1.807) is 0 Å². The first-order chi connectivity index (χ1) is 16.8. The van der Waals surface area contributed by atoms with Gasteiger partial charge in [0.1, 0.15) is 11.3 Å². The standard InChI is InChI=1S/C28H36N2O5S/c1-7-8-17-35-22-15-13-21(14-16-22)28(6)18-23(20-11-9-19(2)10-12-20)24(25(31)29-28)26(32)30-36(33,34)27(3,4)5/h9-16H,7-8,17-18H2,1-6H3,(H,29,31)(H,30,32)/t28-/m0/s1. The molecule has 0 bridgehead atoms. The van der Waals surface area contributed by atoms with Crippen LogP contribution in [0, 0.1) is 6.92 Å². The quantitative estimate of drug-likeness (QED) is 0.397. The van der Waals surface area contributed by atoms with E-state index in [1.807, 2.05) is 62.4 Å². The largest absolute Gasteiger partial charge is 0.494 e. The van der Waals surface area contributed by atoms with Crippen LogP contribution in [0.4, 0.5) is 0 Å². The number of carbonyl (C=O) groups excluding carboxylic acids is 2. The number of aryl methyl sites for hydroxylation is 1. The summed E-state index contributed by atoms with van der Waals surface area (Å²) in [5, 5.41) is 2.95. The Balaban J connectivity index is 2.02. The predicted molar refractivity (Wildman–Crippen MR) is 142 cm³/mol. The second-order valence-electron chi connectivity index (χ2n) is 10.5. The minimum absolute atomic E-state index is 0.191. The third kappa shape index (κ3) is 5.98. The second-order valence-corrected chi connectivity index (χ2v) is 12.9. The summed E-state index contributed by atoms with van der Waals surface area (Å²) in [6, 6.07) is 15.0. The number of rotatable bonds is 8. The van der Waals surface area contributed by atoms with Crippen LogP contribution in [0.15, 0.2) is 54.1 Å². The number of unbranched alkanes of at least 4 members (excludes halogenated alkanes) is 1. The monoisotopic (exact) mass is 512 g/mol. The topological polar surface area (TPSA) is 102 Å². The van der Waals surface area contributed by atoms with Crippen molar-refractivity contribution in [3.63, 3.8) is 0 Å². The molecule has 0 fully saturated rings. The molecule has 194 valence electrons. The minimum atomic E-state index is -4.01. The Morgan fingerprint density at radius 2 is 1.69 bits per heavy atom. The van der Waals surface area contributed by atoms with Gasteiger partial charge in [-0.3, -0.25) is 9.59 Å². The number of ether oxygens (including phenoxy) is 1. The Morgan fingerprint density at radius 1 is 1.08 bits per heavy atom. The van der Waals surface area contributed by atoms with Gasteiger partial charge in [0.05, 0.1) is 16.9 Å². The smallest absolute Gasteiger partial charge is 0.270 e. The average Bonchev–Trinajstić information content (AvgIpc) is 2.78. The third-order valence-electron chi connectivity index (χ3n) is 6.37. The van der Waals surface area contributed by atoms with Gasteiger partial charge in [-0.05, 0) is 69.9 Å². The Hall–Kier alpha value is -3.13. The maximum absolute atomic E-state index is 13.4. The van der Waals surface area contributed by atoms with Crippen molar-refractivity contribution in [2.75, 3.05) is 6.61 Å². The van der Waals surface area contributed by atoms with E-state index >= 15 is 0 Å². The normalized spacial score (nSPS) is 18.6. The molecule has 0 aromatic heterocycles. The van der Waals surface area contributed by atoms with Gasteiger partial charge >= 0.3 is 0 Å². The zero-order valence-corrected chi connectivity index (χ0v) is 22.7. The molecule has 36 heavy (non-hydrogen) atoms. The fraction of sp³-hybridized carbons (Fsp3) is 0.429. The van der Waals surface area contributed by atoms with Crippen LogP contribution in [0.5, 0.6) is 5.75 Å².